The number of benzene rings is 2. The van der Waals surface area contributed by atoms with Crippen molar-refractivity contribution in [3.63, 3.8) is 0 Å². The SMILES string of the molecule is COC(=O)COc1ccc(Oc2cc(-n3ncc(C(F)(F)F)c(C)c3=O)c(F)cc2Cl)cc1. The van der Waals surface area contributed by atoms with Gasteiger partial charge in [-0.3, -0.25) is 4.79 Å². The van der Waals surface area contributed by atoms with Crippen LogP contribution in [0.25, 0.3) is 5.69 Å². The molecule has 3 rings (SSSR count). The summed E-state index contributed by atoms with van der Waals surface area (Å²) in [7, 11) is 1.22. The van der Waals surface area contributed by atoms with Crippen LogP contribution in [0.1, 0.15) is 11.1 Å². The van der Waals surface area contributed by atoms with Gasteiger partial charge in [-0.15, -0.1) is 0 Å². The maximum atomic E-state index is 14.5. The van der Waals surface area contributed by atoms with E-state index in [0.29, 0.717) is 16.6 Å². The van der Waals surface area contributed by atoms with E-state index in [9.17, 15) is 27.2 Å². The van der Waals surface area contributed by atoms with Crippen LogP contribution in [0, 0.1) is 12.7 Å². The van der Waals surface area contributed by atoms with Gasteiger partial charge in [-0.1, -0.05) is 11.6 Å². The Bertz CT molecular complexity index is 1240. The number of carbonyl (C=O) groups is 1. The molecule has 0 saturated heterocycles. The second kappa shape index (κ2) is 9.49. The van der Waals surface area contributed by atoms with Crippen molar-refractivity contribution in [3.8, 4) is 22.9 Å². The molecule has 0 aliphatic heterocycles. The first-order valence-electron chi connectivity index (χ1n) is 9.14. The summed E-state index contributed by atoms with van der Waals surface area (Å²) in [4.78, 5) is 23.5. The molecule has 2 aromatic carbocycles. The quantitative estimate of drug-likeness (QED) is 0.371. The van der Waals surface area contributed by atoms with E-state index in [2.05, 4.69) is 9.84 Å². The third-order valence-electron chi connectivity index (χ3n) is 4.39. The summed E-state index contributed by atoms with van der Waals surface area (Å²) in [5.74, 6) is -1.06. The summed E-state index contributed by atoms with van der Waals surface area (Å²) in [6.07, 6.45) is -4.34. The number of carbonyl (C=O) groups excluding carboxylic acids is 1. The number of methoxy groups -OCH3 is 1. The van der Waals surface area contributed by atoms with Crippen molar-refractivity contribution in [3.05, 3.63) is 74.9 Å². The lowest BCUT2D eigenvalue weighted by atomic mass is 10.2. The largest absolute Gasteiger partial charge is 0.482 e. The predicted molar refractivity (Wildman–Crippen MR) is 109 cm³/mol. The van der Waals surface area contributed by atoms with Crippen molar-refractivity contribution >= 4 is 17.6 Å². The third kappa shape index (κ3) is 5.43. The van der Waals surface area contributed by atoms with E-state index in [0.717, 1.165) is 19.1 Å². The molecule has 0 radical (unpaired) electrons. The Labute approximate surface area is 189 Å². The van der Waals surface area contributed by atoms with E-state index in [4.69, 9.17) is 21.1 Å². The lowest BCUT2D eigenvalue weighted by Gasteiger charge is -2.14. The molecule has 0 spiro atoms. The fraction of sp³-hybridized carbons (Fsp3) is 0.190. The molecular weight excluding hydrogens is 472 g/mol. The average molecular weight is 487 g/mol. The summed E-state index contributed by atoms with van der Waals surface area (Å²) in [5.41, 5.74) is -3.46. The molecule has 1 aromatic heterocycles. The maximum absolute atomic E-state index is 14.5. The van der Waals surface area contributed by atoms with Crippen molar-refractivity contribution in [1.82, 2.24) is 9.78 Å². The Morgan fingerprint density at radius 1 is 1.15 bits per heavy atom. The van der Waals surface area contributed by atoms with Gasteiger partial charge in [0.2, 0.25) is 0 Å². The van der Waals surface area contributed by atoms with Gasteiger partial charge in [0.1, 0.15) is 22.9 Å². The van der Waals surface area contributed by atoms with Gasteiger partial charge in [-0.2, -0.15) is 23.0 Å². The molecule has 0 amide bonds. The standard InChI is InChI=1S/C21H15ClF4N2O5/c1-11-14(21(24,25)26)9-27-28(20(11)30)17-8-18(15(22)7-16(17)23)33-13-5-3-12(4-6-13)32-10-19(29)31-2/h3-9H,10H2,1-2H3. The molecule has 1 heterocycles. The number of ether oxygens (including phenoxy) is 3. The minimum Gasteiger partial charge on any atom is -0.482 e. The number of rotatable bonds is 6. The number of aromatic nitrogens is 2. The van der Waals surface area contributed by atoms with Gasteiger partial charge in [-0.25, -0.2) is 9.18 Å². The minimum absolute atomic E-state index is 0.0810. The first-order chi connectivity index (χ1) is 15.5. The van der Waals surface area contributed by atoms with Crippen LogP contribution in [0.2, 0.25) is 5.02 Å². The van der Waals surface area contributed by atoms with Crippen molar-refractivity contribution < 1.29 is 36.6 Å². The Balaban J connectivity index is 1.91. The minimum atomic E-state index is -4.78. The van der Waals surface area contributed by atoms with Crippen LogP contribution in [0.3, 0.4) is 0 Å². The summed E-state index contributed by atoms with van der Waals surface area (Å²) >= 11 is 6.03. The lowest BCUT2D eigenvalue weighted by Crippen LogP contribution is -2.27. The number of halogens is 5. The highest BCUT2D eigenvalue weighted by atomic mass is 35.5. The Morgan fingerprint density at radius 2 is 1.79 bits per heavy atom. The van der Waals surface area contributed by atoms with E-state index in [1.54, 1.807) is 0 Å². The molecule has 0 aliphatic carbocycles. The second-order valence-electron chi connectivity index (χ2n) is 6.57. The Kier molecular flexibility index (Phi) is 6.92. The normalized spacial score (nSPS) is 11.2. The first kappa shape index (κ1) is 24.1. The molecule has 33 heavy (non-hydrogen) atoms. The number of nitrogens with zero attached hydrogens (tertiary/aromatic N) is 2. The molecule has 0 unspecified atom stereocenters. The molecule has 7 nitrogen and oxygen atoms in total. The fourth-order valence-corrected chi connectivity index (χ4v) is 2.88. The third-order valence-corrected chi connectivity index (χ3v) is 4.69. The van der Waals surface area contributed by atoms with E-state index >= 15 is 0 Å². The average Bonchev–Trinajstić information content (AvgIpc) is 2.76. The Hall–Kier alpha value is -3.60. The van der Waals surface area contributed by atoms with Gasteiger partial charge in [0, 0.05) is 11.6 Å². The van der Waals surface area contributed by atoms with Crippen LogP contribution in [0.5, 0.6) is 17.2 Å². The van der Waals surface area contributed by atoms with Gasteiger partial charge < -0.3 is 14.2 Å². The molecule has 0 N–H and O–H groups in total. The number of alkyl halides is 3. The molecule has 12 heteroatoms. The molecule has 0 bridgehead atoms. The van der Waals surface area contributed by atoms with Gasteiger partial charge in [0.15, 0.2) is 12.4 Å². The van der Waals surface area contributed by atoms with Crippen LogP contribution in [0.15, 0.2) is 47.4 Å². The molecule has 174 valence electrons. The highest BCUT2D eigenvalue weighted by Gasteiger charge is 2.34. The summed E-state index contributed by atoms with van der Waals surface area (Å²) in [6, 6.07) is 7.81. The van der Waals surface area contributed by atoms with Crippen LogP contribution < -0.4 is 15.0 Å². The fourth-order valence-electron chi connectivity index (χ4n) is 2.69. The lowest BCUT2D eigenvalue weighted by molar-refractivity contribution is -0.143. The van der Waals surface area contributed by atoms with Crippen LogP contribution in [-0.4, -0.2) is 29.5 Å². The van der Waals surface area contributed by atoms with Gasteiger partial charge in [0.05, 0.1) is 23.9 Å². The van der Waals surface area contributed by atoms with Crippen molar-refractivity contribution in [2.24, 2.45) is 0 Å². The first-order valence-corrected chi connectivity index (χ1v) is 9.52. The van der Waals surface area contributed by atoms with Gasteiger partial charge >= 0.3 is 12.1 Å². The highest BCUT2D eigenvalue weighted by Crippen LogP contribution is 2.34. The van der Waals surface area contributed by atoms with E-state index in [1.807, 2.05) is 0 Å². The van der Waals surface area contributed by atoms with E-state index in [1.165, 1.54) is 31.4 Å². The smallest absolute Gasteiger partial charge is 0.418 e. The second-order valence-corrected chi connectivity index (χ2v) is 6.98. The van der Waals surface area contributed by atoms with E-state index < -0.39 is 40.3 Å². The summed E-state index contributed by atoms with van der Waals surface area (Å²) in [5, 5.41) is 3.31. The van der Waals surface area contributed by atoms with Crippen LogP contribution in [-0.2, 0) is 15.7 Å². The topological polar surface area (TPSA) is 79.7 Å². The maximum Gasteiger partial charge on any atom is 0.418 e. The molecule has 0 fully saturated rings. The predicted octanol–water partition coefficient (Wildman–Crippen LogP) is 4.70. The molecular formula is C21H15ClF4N2O5. The molecule has 0 atom stereocenters. The zero-order chi connectivity index (χ0) is 24.3. The number of esters is 1. The number of hydrogen-bond acceptors (Lipinski definition) is 6. The molecule has 3 aromatic rings. The summed E-state index contributed by atoms with van der Waals surface area (Å²) in [6.45, 7) is 0.677. The van der Waals surface area contributed by atoms with Gasteiger partial charge in [-0.05, 0) is 37.3 Å². The van der Waals surface area contributed by atoms with Crippen molar-refractivity contribution in [1.29, 1.82) is 0 Å². The van der Waals surface area contributed by atoms with Crippen molar-refractivity contribution in [2.75, 3.05) is 13.7 Å². The van der Waals surface area contributed by atoms with Gasteiger partial charge in [0.25, 0.3) is 5.56 Å². The van der Waals surface area contributed by atoms with Crippen molar-refractivity contribution in [2.45, 2.75) is 13.1 Å². The van der Waals surface area contributed by atoms with E-state index in [-0.39, 0.29) is 23.1 Å². The number of hydrogen-bond donors (Lipinski definition) is 0. The zero-order valence-electron chi connectivity index (χ0n) is 17.1. The zero-order valence-corrected chi connectivity index (χ0v) is 17.8. The van der Waals surface area contributed by atoms with Crippen LogP contribution >= 0.6 is 11.6 Å². The highest BCUT2D eigenvalue weighted by molar-refractivity contribution is 6.32. The molecule has 0 aliphatic rings. The monoisotopic (exact) mass is 486 g/mol. The van der Waals surface area contributed by atoms with Crippen LogP contribution in [0.4, 0.5) is 17.6 Å². The Morgan fingerprint density at radius 3 is 2.39 bits per heavy atom. The summed E-state index contributed by atoms with van der Waals surface area (Å²) < 4.78 is 69.3. The molecule has 0 saturated carbocycles.